The number of imide groups is 1. The highest BCUT2D eigenvalue weighted by Crippen LogP contribution is 2.22. The summed E-state index contributed by atoms with van der Waals surface area (Å²) in [7, 11) is 0. The molecule has 0 saturated carbocycles. The maximum absolute atomic E-state index is 12.3. The van der Waals surface area contributed by atoms with Crippen molar-refractivity contribution < 1.29 is 14.4 Å². The third-order valence-corrected chi connectivity index (χ3v) is 5.09. The summed E-state index contributed by atoms with van der Waals surface area (Å²) in [5.41, 5.74) is 2.92. The van der Waals surface area contributed by atoms with Crippen LogP contribution in [0.1, 0.15) is 40.0 Å². The number of fused-ring (bicyclic) bond motifs is 2. The van der Waals surface area contributed by atoms with Crippen molar-refractivity contribution >= 4 is 28.8 Å². The zero-order valence-corrected chi connectivity index (χ0v) is 16.0. The van der Waals surface area contributed by atoms with Crippen LogP contribution in [0.4, 0.5) is 0 Å². The molecule has 4 rings (SSSR count). The van der Waals surface area contributed by atoms with Crippen LogP contribution in [0.15, 0.2) is 54.9 Å². The first-order valence-corrected chi connectivity index (χ1v) is 9.77. The molecule has 0 fully saturated rings. The minimum Gasteiger partial charge on any atom is -0.356 e. The number of aromatic nitrogens is 2. The molecule has 1 aromatic heterocycles. The fourth-order valence-corrected chi connectivity index (χ4v) is 3.59. The van der Waals surface area contributed by atoms with E-state index in [1.54, 1.807) is 24.3 Å². The van der Waals surface area contributed by atoms with Gasteiger partial charge in [-0.2, -0.15) is 0 Å². The highest BCUT2D eigenvalue weighted by molar-refractivity contribution is 6.21. The van der Waals surface area contributed by atoms with E-state index in [9.17, 15) is 14.4 Å². The Morgan fingerprint density at radius 2 is 1.59 bits per heavy atom. The highest BCUT2D eigenvalue weighted by atomic mass is 16.2. The van der Waals surface area contributed by atoms with E-state index in [1.165, 1.54) is 4.90 Å². The van der Waals surface area contributed by atoms with E-state index in [1.807, 2.05) is 30.6 Å². The molecule has 3 aromatic rings. The average molecular weight is 390 g/mol. The first kappa shape index (κ1) is 18.9. The largest absolute Gasteiger partial charge is 0.356 e. The highest BCUT2D eigenvalue weighted by Gasteiger charge is 2.34. The molecule has 1 N–H and O–H groups in total. The second-order valence-electron chi connectivity index (χ2n) is 7.04. The van der Waals surface area contributed by atoms with E-state index in [4.69, 9.17) is 0 Å². The fraction of sp³-hybridized carbons (Fsp3) is 0.273. The Kier molecular flexibility index (Phi) is 5.37. The van der Waals surface area contributed by atoms with Gasteiger partial charge in [0.25, 0.3) is 11.8 Å². The number of amides is 3. The molecule has 7 heteroatoms. The Balaban J connectivity index is 1.17. The van der Waals surface area contributed by atoms with Crippen molar-refractivity contribution in [3.63, 3.8) is 0 Å². The second-order valence-corrected chi connectivity index (χ2v) is 7.04. The van der Waals surface area contributed by atoms with Gasteiger partial charge in [-0.25, -0.2) is 4.98 Å². The summed E-state index contributed by atoms with van der Waals surface area (Å²) in [5.74, 6) is -0.630. The van der Waals surface area contributed by atoms with Gasteiger partial charge in [0.1, 0.15) is 0 Å². The molecular formula is C22H22N4O3. The van der Waals surface area contributed by atoms with Crippen molar-refractivity contribution in [2.45, 2.75) is 25.8 Å². The summed E-state index contributed by atoms with van der Waals surface area (Å²) in [6.07, 6.45) is 3.34. The lowest BCUT2D eigenvalue weighted by Gasteiger charge is -2.13. The van der Waals surface area contributed by atoms with Crippen LogP contribution in [-0.2, 0) is 11.3 Å². The van der Waals surface area contributed by atoms with Crippen LogP contribution in [-0.4, -0.2) is 45.3 Å². The Hall–Kier alpha value is -3.48. The van der Waals surface area contributed by atoms with Gasteiger partial charge in [-0.1, -0.05) is 24.3 Å². The average Bonchev–Trinajstić information content (AvgIpc) is 3.26. The molecule has 0 atom stereocenters. The molecule has 0 radical (unpaired) electrons. The standard InChI is InChI=1S/C22H22N4O3/c27-20(23-12-6-13-25-15-24-18-9-3-4-10-19(18)25)11-5-14-26-21(28)16-7-1-2-8-17(16)22(26)29/h1-4,7-10,15H,5-6,11-14H2,(H,23,27). The Labute approximate surface area is 168 Å². The molecule has 2 heterocycles. The molecule has 7 nitrogen and oxygen atoms in total. The molecule has 0 spiro atoms. The van der Waals surface area contributed by atoms with Gasteiger partial charge < -0.3 is 9.88 Å². The molecule has 0 bridgehead atoms. The van der Waals surface area contributed by atoms with E-state index >= 15 is 0 Å². The van der Waals surface area contributed by atoms with Gasteiger partial charge in [-0.3, -0.25) is 19.3 Å². The van der Waals surface area contributed by atoms with Gasteiger partial charge in [0.15, 0.2) is 0 Å². The second kappa shape index (κ2) is 8.26. The van der Waals surface area contributed by atoms with Crippen molar-refractivity contribution in [3.8, 4) is 0 Å². The van der Waals surface area contributed by atoms with E-state index in [0.29, 0.717) is 24.1 Å². The Morgan fingerprint density at radius 1 is 0.897 bits per heavy atom. The summed E-state index contributed by atoms with van der Waals surface area (Å²) in [5, 5.41) is 2.90. The number of para-hydroxylation sites is 2. The van der Waals surface area contributed by atoms with E-state index in [-0.39, 0.29) is 30.7 Å². The van der Waals surface area contributed by atoms with Gasteiger partial charge in [0, 0.05) is 26.1 Å². The van der Waals surface area contributed by atoms with Gasteiger partial charge in [-0.15, -0.1) is 0 Å². The molecule has 1 aliphatic heterocycles. The molecule has 0 unspecified atom stereocenters. The number of aryl methyl sites for hydroxylation is 1. The summed E-state index contributed by atoms with van der Waals surface area (Å²) >= 11 is 0. The smallest absolute Gasteiger partial charge is 0.261 e. The van der Waals surface area contributed by atoms with Crippen LogP contribution < -0.4 is 5.32 Å². The van der Waals surface area contributed by atoms with E-state index in [0.717, 1.165) is 24.0 Å². The number of carbonyl (C=O) groups excluding carboxylic acids is 3. The predicted molar refractivity (Wildman–Crippen MR) is 108 cm³/mol. The van der Waals surface area contributed by atoms with E-state index in [2.05, 4.69) is 14.9 Å². The first-order valence-electron chi connectivity index (χ1n) is 9.77. The number of hydrogen-bond acceptors (Lipinski definition) is 4. The van der Waals surface area contributed by atoms with Crippen LogP contribution in [0.5, 0.6) is 0 Å². The van der Waals surface area contributed by atoms with Gasteiger partial charge in [-0.05, 0) is 37.1 Å². The number of benzene rings is 2. The van der Waals surface area contributed by atoms with Crippen molar-refractivity contribution in [1.82, 2.24) is 19.8 Å². The van der Waals surface area contributed by atoms with Crippen molar-refractivity contribution in [2.75, 3.05) is 13.1 Å². The predicted octanol–water partition coefficient (Wildman–Crippen LogP) is 2.62. The molecule has 0 saturated heterocycles. The molecule has 29 heavy (non-hydrogen) atoms. The zero-order chi connectivity index (χ0) is 20.2. The summed E-state index contributed by atoms with van der Waals surface area (Å²) in [4.78, 5) is 42.2. The normalized spacial score (nSPS) is 13.2. The van der Waals surface area contributed by atoms with Crippen LogP contribution in [0.2, 0.25) is 0 Å². The van der Waals surface area contributed by atoms with Crippen LogP contribution in [0.25, 0.3) is 11.0 Å². The van der Waals surface area contributed by atoms with Crippen molar-refractivity contribution in [3.05, 3.63) is 66.0 Å². The maximum atomic E-state index is 12.3. The van der Waals surface area contributed by atoms with Crippen LogP contribution >= 0.6 is 0 Å². The minimum atomic E-state index is -0.279. The number of rotatable bonds is 8. The number of carbonyl (C=O) groups is 3. The molecule has 0 aliphatic carbocycles. The topological polar surface area (TPSA) is 84.3 Å². The van der Waals surface area contributed by atoms with Gasteiger partial charge >= 0.3 is 0 Å². The number of imidazole rings is 1. The number of nitrogens with one attached hydrogen (secondary N) is 1. The quantitative estimate of drug-likeness (QED) is 0.473. The summed E-state index contributed by atoms with van der Waals surface area (Å²) < 4.78 is 2.07. The number of nitrogens with zero attached hydrogens (tertiary/aromatic N) is 3. The van der Waals surface area contributed by atoms with Crippen molar-refractivity contribution in [1.29, 1.82) is 0 Å². The lowest BCUT2D eigenvalue weighted by atomic mass is 10.1. The SMILES string of the molecule is O=C(CCCN1C(=O)c2ccccc2C1=O)NCCCn1cnc2ccccc21. The molecule has 2 aromatic carbocycles. The van der Waals surface area contributed by atoms with Gasteiger partial charge in [0.2, 0.25) is 5.91 Å². The van der Waals surface area contributed by atoms with Crippen LogP contribution in [0, 0.1) is 0 Å². The Morgan fingerprint density at radius 3 is 2.34 bits per heavy atom. The summed E-state index contributed by atoms with van der Waals surface area (Å²) in [6, 6.07) is 14.7. The minimum absolute atomic E-state index is 0.0721. The molecule has 1 aliphatic rings. The summed E-state index contributed by atoms with van der Waals surface area (Å²) in [6.45, 7) is 1.59. The van der Waals surface area contributed by atoms with E-state index < -0.39 is 0 Å². The third-order valence-electron chi connectivity index (χ3n) is 5.09. The zero-order valence-electron chi connectivity index (χ0n) is 16.0. The maximum Gasteiger partial charge on any atom is 0.261 e. The van der Waals surface area contributed by atoms with Crippen molar-refractivity contribution in [2.24, 2.45) is 0 Å². The van der Waals surface area contributed by atoms with Gasteiger partial charge in [0.05, 0.1) is 28.5 Å². The number of hydrogen-bond donors (Lipinski definition) is 1. The lowest BCUT2D eigenvalue weighted by Crippen LogP contribution is -2.32. The fourth-order valence-electron chi connectivity index (χ4n) is 3.59. The third kappa shape index (κ3) is 3.89. The molecular weight excluding hydrogens is 368 g/mol. The monoisotopic (exact) mass is 390 g/mol. The van der Waals surface area contributed by atoms with Crippen LogP contribution in [0.3, 0.4) is 0 Å². The lowest BCUT2D eigenvalue weighted by molar-refractivity contribution is -0.121. The molecule has 148 valence electrons. The Bertz CT molecular complexity index is 1040. The first-order chi connectivity index (χ1) is 14.1. The molecule has 3 amide bonds.